The first kappa shape index (κ1) is 23.0. The number of hydrogen-bond donors (Lipinski definition) is 0. The Hall–Kier alpha value is -0.234. The first-order valence-corrected chi connectivity index (χ1v) is 12.3. The Morgan fingerprint density at radius 2 is 1.41 bits per heavy atom. The molecule has 0 aliphatic heterocycles. The van der Waals surface area contributed by atoms with Crippen molar-refractivity contribution in [3.8, 4) is 5.75 Å². The summed E-state index contributed by atoms with van der Waals surface area (Å²) >= 11 is 0. The number of carbonyl (C=O) groups is 1. The van der Waals surface area contributed by atoms with Gasteiger partial charge in [0.05, 0.1) is 0 Å². The van der Waals surface area contributed by atoms with E-state index in [2.05, 4.69) is 42.5 Å². The first-order chi connectivity index (χ1) is 12.5. The van der Waals surface area contributed by atoms with E-state index >= 15 is 0 Å². The van der Waals surface area contributed by atoms with Crippen molar-refractivity contribution in [3.05, 3.63) is 54.6 Å². The van der Waals surface area contributed by atoms with Crippen molar-refractivity contribution in [2.24, 2.45) is 0 Å². The Bertz CT molecular complexity index is 1040. The van der Waals surface area contributed by atoms with Crippen molar-refractivity contribution in [2.75, 3.05) is 0 Å². The predicted molar refractivity (Wildman–Crippen MR) is 115 cm³/mol. The topological polar surface area (TPSA) is 26.3 Å². The van der Waals surface area contributed by atoms with Gasteiger partial charge in [0.2, 0.25) is 0 Å². The van der Waals surface area contributed by atoms with Crippen LogP contribution in [0.3, 0.4) is 0 Å². The van der Waals surface area contributed by atoms with Crippen LogP contribution in [-0.2, 0) is 15.7 Å². The summed E-state index contributed by atoms with van der Waals surface area (Å²) in [6.07, 6.45) is 1.24. The van der Waals surface area contributed by atoms with Crippen LogP contribution in [-0.4, -0.2) is 35.5 Å². The molecule has 0 bridgehead atoms. The van der Waals surface area contributed by atoms with Crippen LogP contribution in [0.15, 0.2) is 54.6 Å². The van der Waals surface area contributed by atoms with Gasteiger partial charge in [-0.05, 0) is 40.1 Å². The monoisotopic (exact) mass is 476 g/mol. The molecule has 0 aromatic heterocycles. The van der Waals surface area contributed by atoms with Crippen LogP contribution >= 0.6 is 30.4 Å². The van der Waals surface area contributed by atoms with Gasteiger partial charge < -0.3 is 4.74 Å². The Labute approximate surface area is 197 Å². The summed E-state index contributed by atoms with van der Waals surface area (Å²) in [6, 6.07) is 18.7. The minimum atomic E-state index is -1.19. The molecule has 4 aromatic carbocycles. The van der Waals surface area contributed by atoms with Gasteiger partial charge in [-0.2, -0.15) is 0 Å². The maximum atomic E-state index is 11.8. The quantitative estimate of drug-likeness (QED) is 0.142. The molecular weight excluding hydrogens is 460 g/mol. The average molecular weight is 478 g/mol. The second-order valence-corrected chi connectivity index (χ2v) is 10.9. The van der Waals surface area contributed by atoms with Crippen LogP contribution in [0.2, 0.25) is 0 Å². The van der Waals surface area contributed by atoms with Gasteiger partial charge in [-0.15, -0.1) is 0 Å². The van der Waals surface area contributed by atoms with Crippen LogP contribution in [0, 0.1) is 0 Å². The molecule has 4 rings (SSSR count). The summed E-state index contributed by atoms with van der Waals surface area (Å²) in [6.45, 7) is 1.98. The number of halogens is 3. The Balaban J connectivity index is 0.000000479. The molecule has 0 fully saturated rings. The second kappa shape index (κ2) is 10.5. The summed E-state index contributed by atoms with van der Waals surface area (Å²) in [5.41, 5.74) is 0. The van der Waals surface area contributed by atoms with Gasteiger partial charge in [-0.3, -0.25) is 4.79 Å². The van der Waals surface area contributed by atoms with Crippen LogP contribution in [0.25, 0.3) is 32.3 Å². The van der Waals surface area contributed by atoms with Crippen LogP contribution in [0.5, 0.6) is 5.75 Å². The van der Waals surface area contributed by atoms with E-state index in [9.17, 15) is 4.79 Å². The molecule has 0 aliphatic carbocycles. The zero-order chi connectivity index (χ0) is 18.7. The van der Waals surface area contributed by atoms with Crippen molar-refractivity contribution >= 4 is 98.3 Å². The fourth-order valence-electron chi connectivity index (χ4n) is 3.18. The van der Waals surface area contributed by atoms with Gasteiger partial charge in [0.15, 0.2) is 0 Å². The SMILES string of the molecule is CCCC(=O)Oc1ccc2ccc3cccc4ccc1c2c34.[Cl][Co]([Cl])[Cl].[NaH]. The van der Waals surface area contributed by atoms with Crippen molar-refractivity contribution in [1.82, 2.24) is 0 Å². The summed E-state index contributed by atoms with van der Waals surface area (Å²) in [5.74, 6) is 0.488. The number of rotatable bonds is 3. The van der Waals surface area contributed by atoms with Gasteiger partial charge in [0, 0.05) is 17.2 Å². The van der Waals surface area contributed by atoms with E-state index in [0.717, 1.165) is 11.8 Å². The van der Waals surface area contributed by atoms with Crippen LogP contribution < -0.4 is 4.74 Å². The molecule has 27 heavy (non-hydrogen) atoms. The fourth-order valence-corrected chi connectivity index (χ4v) is 3.18. The number of esters is 1. The zero-order valence-electron chi connectivity index (χ0n) is 13.9. The number of carbonyl (C=O) groups excluding carboxylic acids is 1. The van der Waals surface area contributed by atoms with E-state index in [4.69, 9.17) is 35.2 Å². The molecule has 0 N–H and O–H groups in total. The molecule has 2 nitrogen and oxygen atoms in total. The van der Waals surface area contributed by atoms with E-state index in [0.29, 0.717) is 12.2 Å². The molecule has 0 spiro atoms. The van der Waals surface area contributed by atoms with Crippen molar-refractivity contribution in [2.45, 2.75) is 19.8 Å². The predicted octanol–water partition coefficient (Wildman–Crippen LogP) is 6.71. The molecule has 0 radical (unpaired) electrons. The van der Waals surface area contributed by atoms with E-state index in [1.54, 1.807) is 0 Å². The van der Waals surface area contributed by atoms with E-state index in [1.165, 1.54) is 26.9 Å². The van der Waals surface area contributed by atoms with Crippen molar-refractivity contribution < 1.29 is 20.5 Å². The maximum absolute atomic E-state index is 11.8. The van der Waals surface area contributed by atoms with Crippen molar-refractivity contribution in [1.29, 1.82) is 0 Å². The van der Waals surface area contributed by atoms with Gasteiger partial charge >= 0.3 is 76.9 Å². The minimum absolute atomic E-state index is 0. The molecule has 0 saturated heterocycles. The van der Waals surface area contributed by atoms with Gasteiger partial charge in [-0.25, -0.2) is 0 Å². The summed E-state index contributed by atoms with van der Waals surface area (Å²) in [5, 5.41) is 7.03. The van der Waals surface area contributed by atoms with E-state index < -0.39 is 10.9 Å². The number of ether oxygens (including phenoxy) is 1. The molecular formula is C20H17Cl3CoNaO2. The van der Waals surface area contributed by atoms with E-state index in [1.807, 2.05) is 19.1 Å². The molecule has 4 aromatic rings. The third kappa shape index (κ3) is 5.43. The second-order valence-electron chi connectivity index (χ2n) is 5.79. The molecule has 0 atom stereocenters. The Morgan fingerprint density at radius 3 is 2.00 bits per heavy atom. The van der Waals surface area contributed by atoms with Gasteiger partial charge in [0.1, 0.15) is 5.75 Å². The number of hydrogen-bond acceptors (Lipinski definition) is 2. The first-order valence-electron chi connectivity index (χ1n) is 8.03. The third-order valence-corrected chi connectivity index (χ3v) is 4.17. The van der Waals surface area contributed by atoms with Gasteiger partial charge in [-0.1, -0.05) is 49.4 Å². The van der Waals surface area contributed by atoms with Gasteiger partial charge in [0.25, 0.3) is 0 Å². The summed E-state index contributed by atoms with van der Waals surface area (Å²) in [4.78, 5) is 11.8. The molecule has 0 heterocycles. The van der Waals surface area contributed by atoms with Crippen LogP contribution in [0.4, 0.5) is 0 Å². The fraction of sp³-hybridized carbons (Fsp3) is 0.150. The normalized spacial score (nSPS) is 11.0. The van der Waals surface area contributed by atoms with Crippen molar-refractivity contribution in [3.63, 3.8) is 0 Å². The molecule has 0 unspecified atom stereocenters. The molecule has 7 heteroatoms. The Morgan fingerprint density at radius 1 is 0.889 bits per heavy atom. The number of benzene rings is 4. The van der Waals surface area contributed by atoms with Crippen LogP contribution in [0.1, 0.15) is 19.8 Å². The molecule has 0 aliphatic rings. The zero-order valence-corrected chi connectivity index (χ0v) is 17.2. The summed E-state index contributed by atoms with van der Waals surface area (Å²) < 4.78 is 5.57. The Kier molecular flexibility index (Phi) is 8.98. The third-order valence-electron chi connectivity index (χ3n) is 4.17. The molecule has 0 amide bonds. The van der Waals surface area contributed by atoms with E-state index in [-0.39, 0.29) is 35.5 Å². The molecule has 0 saturated carbocycles. The standard InChI is InChI=1S/C20H16O2.3ClH.Co.Na.H/c1-2-4-18(21)22-17-12-10-15-8-7-13-5-3-6-14-9-11-16(17)20(15)19(13)14;;;;;;/h3,5-12H,2,4H2,1H3;3*1H;;;/q;;;;+3;;/p-3. The summed E-state index contributed by atoms with van der Waals surface area (Å²) in [7, 11) is 13.4. The average Bonchev–Trinajstić information content (AvgIpc) is 2.60. The molecule has 140 valence electrons.